The third-order valence-electron chi connectivity index (χ3n) is 2.28. The highest BCUT2D eigenvalue weighted by molar-refractivity contribution is 7.98. The fraction of sp³-hybridized carbons (Fsp3) is 0.600. The van der Waals surface area contributed by atoms with Gasteiger partial charge in [0.05, 0.1) is 24.7 Å². The summed E-state index contributed by atoms with van der Waals surface area (Å²) in [4.78, 5) is 10.4. The van der Waals surface area contributed by atoms with Gasteiger partial charge in [0.15, 0.2) is 0 Å². The molecule has 1 rings (SSSR count). The molecule has 1 aromatic rings. The Bertz CT molecular complexity index is 291. The minimum atomic E-state index is -0.0582. The average Bonchev–Trinajstić information content (AvgIpc) is 2.28. The first-order valence-electron chi connectivity index (χ1n) is 4.82. The van der Waals surface area contributed by atoms with Crippen molar-refractivity contribution >= 4 is 17.6 Å². The number of rotatable bonds is 5. The quantitative estimate of drug-likeness (QED) is 0.818. The van der Waals surface area contributed by atoms with Crippen LogP contribution >= 0.6 is 11.8 Å². The second-order valence-corrected chi connectivity index (χ2v) is 4.35. The van der Waals surface area contributed by atoms with Crippen molar-refractivity contribution in [3.05, 3.63) is 18.1 Å². The second-order valence-electron chi connectivity index (χ2n) is 3.44. The Balaban J connectivity index is 2.69. The molecule has 0 aromatic carbocycles. The fourth-order valence-corrected chi connectivity index (χ4v) is 1.90. The minimum absolute atomic E-state index is 0.0582. The van der Waals surface area contributed by atoms with Crippen molar-refractivity contribution in [1.29, 1.82) is 0 Å². The molecule has 4 nitrogen and oxygen atoms in total. The van der Waals surface area contributed by atoms with E-state index in [-0.39, 0.29) is 6.61 Å². The molecule has 0 aliphatic heterocycles. The molecule has 1 N–H and O–H groups in total. The predicted octanol–water partition coefficient (Wildman–Crippen LogP) is 1.16. The van der Waals surface area contributed by atoms with Crippen molar-refractivity contribution in [2.45, 2.75) is 19.6 Å². The number of aliphatic hydroxyl groups excluding tert-OH is 1. The van der Waals surface area contributed by atoms with Gasteiger partial charge in [-0.25, -0.2) is 4.98 Å². The molecule has 5 heteroatoms. The first-order chi connectivity index (χ1) is 7.19. The summed E-state index contributed by atoms with van der Waals surface area (Å²) in [5.41, 5.74) is 0.602. The smallest absolute Gasteiger partial charge is 0.147 e. The molecule has 0 amide bonds. The normalized spacial score (nSPS) is 12.5. The van der Waals surface area contributed by atoms with E-state index in [1.54, 1.807) is 12.4 Å². The van der Waals surface area contributed by atoms with Gasteiger partial charge in [-0.15, -0.1) is 0 Å². The van der Waals surface area contributed by atoms with Crippen molar-refractivity contribution in [3.8, 4) is 0 Å². The molecule has 1 aromatic heterocycles. The summed E-state index contributed by atoms with van der Waals surface area (Å²) in [7, 11) is 2.00. The Hall–Kier alpha value is -0.810. The Morgan fingerprint density at radius 1 is 1.47 bits per heavy atom. The summed E-state index contributed by atoms with van der Waals surface area (Å²) in [6.07, 6.45) is 5.39. The van der Waals surface area contributed by atoms with E-state index in [9.17, 15) is 0 Å². The van der Waals surface area contributed by atoms with Gasteiger partial charge in [0.1, 0.15) is 5.82 Å². The van der Waals surface area contributed by atoms with Crippen LogP contribution in [-0.2, 0) is 6.61 Å². The molecule has 0 saturated carbocycles. The van der Waals surface area contributed by atoms with E-state index in [0.717, 1.165) is 11.6 Å². The van der Waals surface area contributed by atoms with Crippen LogP contribution in [0, 0.1) is 0 Å². The van der Waals surface area contributed by atoms with Crippen LogP contribution in [0.1, 0.15) is 12.6 Å². The van der Waals surface area contributed by atoms with Crippen LogP contribution < -0.4 is 4.90 Å². The predicted molar refractivity (Wildman–Crippen MR) is 64.2 cm³/mol. The summed E-state index contributed by atoms with van der Waals surface area (Å²) in [5.74, 6) is 1.90. The molecular weight excluding hydrogens is 210 g/mol. The number of hydrogen-bond donors (Lipinski definition) is 1. The Kier molecular flexibility index (Phi) is 4.84. The van der Waals surface area contributed by atoms with E-state index in [2.05, 4.69) is 28.0 Å². The third kappa shape index (κ3) is 3.35. The molecule has 0 aliphatic carbocycles. The monoisotopic (exact) mass is 227 g/mol. The SMILES string of the molecule is CSCC(C)N(C)c1cnc(CO)cn1. The summed E-state index contributed by atoms with van der Waals surface area (Å²) >= 11 is 1.81. The van der Waals surface area contributed by atoms with Crippen molar-refractivity contribution < 1.29 is 5.11 Å². The van der Waals surface area contributed by atoms with E-state index in [0.29, 0.717) is 11.7 Å². The lowest BCUT2D eigenvalue weighted by atomic mass is 10.3. The van der Waals surface area contributed by atoms with Gasteiger partial charge in [-0.1, -0.05) is 0 Å². The molecule has 1 atom stereocenters. The first kappa shape index (κ1) is 12.3. The zero-order valence-corrected chi connectivity index (χ0v) is 10.2. The van der Waals surface area contributed by atoms with Crippen molar-refractivity contribution in [2.75, 3.05) is 24.0 Å². The van der Waals surface area contributed by atoms with E-state index in [1.807, 2.05) is 18.8 Å². The lowest BCUT2D eigenvalue weighted by Gasteiger charge is -2.24. The number of anilines is 1. The molecule has 0 fully saturated rings. The van der Waals surface area contributed by atoms with E-state index in [4.69, 9.17) is 5.11 Å². The van der Waals surface area contributed by atoms with Gasteiger partial charge in [0, 0.05) is 18.8 Å². The molecule has 15 heavy (non-hydrogen) atoms. The van der Waals surface area contributed by atoms with Crippen molar-refractivity contribution in [1.82, 2.24) is 9.97 Å². The molecule has 84 valence electrons. The molecule has 0 radical (unpaired) electrons. The van der Waals surface area contributed by atoms with Crippen LogP contribution in [0.5, 0.6) is 0 Å². The highest BCUT2D eigenvalue weighted by atomic mass is 32.2. The van der Waals surface area contributed by atoms with Gasteiger partial charge in [-0.2, -0.15) is 11.8 Å². The zero-order valence-electron chi connectivity index (χ0n) is 9.34. The summed E-state index contributed by atoms with van der Waals surface area (Å²) < 4.78 is 0. The van der Waals surface area contributed by atoms with Crippen LogP contribution in [-0.4, -0.2) is 40.2 Å². The molecule has 0 bridgehead atoms. The average molecular weight is 227 g/mol. The lowest BCUT2D eigenvalue weighted by molar-refractivity contribution is 0.276. The number of aliphatic hydroxyl groups is 1. The van der Waals surface area contributed by atoms with Crippen molar-refractivity contribution in [3.63, 3.8) is 0 Å². The van der Waals surface area contributed by atoms with Gasteiger partial charge in [0.25, 0.3) is 0 Å². The third-order valence-corrected chi connectivity index (χ3v) is 3.10. The Morgan fingerprint density at radius 2 is 2.20 bits per heavy atom. The van der Waals surface area contributed by atoms with Crippen LogP contribution in [0.25, 0.3) is 0 Å². The Morgan fingerprint density at radius 3 is 2.67 bits per heavy atom. The van der Waals surface area contributed by atoms with Crippen LogP contribution in [0.3, 0.4) is 0 Å². The topological polar surface area (TPSA) is 49.2 Å². The zero-order chi connectivity index (χ0) is 11.3. The summed E-state index contributed by atoms with van der Waals surface area (Å²) in [6.45, 7) is 2.09. The van der Waals surface area contributed by atoms with Crippen LogP contribution in [0.2, 0.25) is 0 Å². The first-order valence-corrected chi connectivity index (χ1v) is 6.22. The molecule has 0 saturated heterocycles. The highest BCUT2D eigenvalue weighted by Crippen LogP contribution is 2.12. The second kappa shape index (κ2) is 5.92. The fourth-order valence-electron chi connectivity index (χ4n) is 1.19. The maximum atomic E-state index is 8.84. The largest absolute Gasteiger partial charge is 0.390 e. The molecular formula is C10H17N3OS. The highest BCUT2D eigenvalue weighted by Gasteiger charge is 2.10. The van der Waals surface area contributed by atoms with Gasteiger partial charge in [-0.05, 0) is 13.2 Å². The number of nitrogens with zero attached hydrogens (tertiary/aromatic N) is 3. The number of aromatic nitrogens is 2. The maximum Gasteiger partial charge on any atom is 0.147 e. The Labute approximate surface area is 94.7 Å². The summed E-state index contributed by atoms with van der Waals surface area (Å²) in [6, 6.07) is 0.425. The molecule has 1 unspecified atom stereocenters. The standard InChI is InChI=1S/C10H17N3OS/c1-8(7-15-3)13(2)10-5-11-9(6-14)4-12-10/h4-5,8,14H,6-7H2,1-3H3. The molecule has 0 aliphatic rings. The summed E-state index contributed by atoms with van der Waals surface area (Å²) in [5, 5.41) is 8.84. The number of hydrogen-bond acceptors (Lipinski definition) is 5. The van der Waals surface area contributed by atoms with Crippen LogP contribution in [0.15, 0.2) is 12.4 Å². The van der Waals surface area contributed by atoms with Crippen molar-refractivity contribution in [2.24, 2.45) is 0 Å². The molecule has 0 spiro atoms. The lowest BCUT2D eigenvalue weighted by Crippen LogP contribution is -2.31. The van der Waals surface area contributed by atoms with Crippen LogP contribution in [0.4, 0.5) is 5.82 Å². The maximum absolute atomic E-state index is 8.84. The van der Waals surface area contributed by atoms with Gasteiger partial charge < -0.3 is 10.0 Å². The van der Waals surface area contributed by atoms with Gasteiger partial charge in [0.2, 0.25) is 0 Å². The number of thioether (sulfide) groups is 1. The molecule has 1 heterocycles. The van der Waals surface area contributed by atoms with E-state index in [1.165, 1.54) is 0 Å². The van der Waals surface area contributed by atoms with Gasteiger partial charge >= 0.3 is 0 Å². The van der Waals surface area contributed by atoms with Gasteiger partial charge in [-0.3, -0.25) is 4.98 Å². The van der Waals surface area contributed by atoms with E-state index >= 15 is 0 Å². The van der Waals surface area contributed by atoms with E-state index < -0.39 is 0 Å². The minimum Gasteiger partial charge on any atom is -0.390 e.